The Bertz CT molecular complexity index is 456. The van der Waals surface area contributed by atoms with Crippen LogP contribution in [0.25, 0.3) is 0 Å². The normalized spacial score (nSPS) is 17.1. The van der Waals surface area contributed by atoms with E-state index in [1.165, 1.54) is 12.8 Å². The molecule has 1 aliphatic rings. The molecular weight excluding hydrogens is 210 g/mol. The number of aromatic amines is 1. The molecule has 0 radical (unpaired) electrons. The first-order valence-corrected chi connectivity index (χ1v) is 5.59. The van der Waals surface area contributed by atoms with Gasteiger partial charge in [0.15, 0.2) is 4.77 Å². The van der Waals surface area contributed by atoms with Crippen LogP contribution >= 0.6 is 12.2 Å². The Labute approximate surface area is 93.5 Å². The lowest BCUT2D eigenvalue weighted by atomic mass is 10.3. The van der Waals surface area contributed by atoms with E-state index in [0.29, 0.717) is 4.77 Å². The number of nitrogens with zero attached hydrogens (tertiary/aromatic N) is 2. The van der Waals surface area contributed by atoms with Gasteiger partial charge in [-0.15, -0.1) is 0 Å². The molecular formula is C10H15N3OS. The molecule has 5 heteroatoms. The van der Waals surface area contributed by atoms with Gasteiger partial charge in [0.1, 0.15) is 0 Å². The molecule has 2 rings (SSSR count). The number of H-pyrrole nitrogens is 1. The van der Waals surface area contributed by atoms with E-state index in [1.807, 2.05) is 13.2 Å². The van der Waals surface area contributed by atoms with Gasteiger partial charge in [-0.1, -0.05) is 0 Å². The second-order valence-electron chi connectivity index (χ2n) is 4.01. The van der Waals surface area contributed by atoms with E-state index in [1.54, 1.807) is 4.57 Å². The first kappa shape index (κ1) is 10.6. The van der Waals surface area contributed by atoms with Gasteiger partial charge in [0.2, 0.25) is 0 Å². The highest BCUT2D eigenvalue weighted by Gasteiger charge is 2.13. The van der Waals surface area contributed by atoms with Crippen LogP contribution < -0.4 is 5.56 Å². The zero-order valence-corrected chi connectivity index (χ0v) is 9.64. The number of likely N-dealkylation sites (tertiary alicyclic amines) is 1. The minimum absolute atomic E-state index is 0.0509. The molecule has 1 aliphatic heterocycles. The lowest BCUT2D eigenvalue weighted by molar-refractivity contribution is 0.328. The molecule has 0 atom stereocenters. The van der Waals surface area contributed by atoms with Gasteiger partial charge in [0.05, 0.1) is 0 Å². The van der Waals surface area contributed by atoms with Crippen molar-refractivity contribution < 1.29 is 0 Å². The lowest BCUT2D eigenvalue weighted by Crippen LogP contribution is -2.25. The van der Waals surface area contributed by atoms with Crippen molar-refractivity contribution in [2.24, 2.45) is 7.05 Å². The van der Waals surface area contributed by atoms with Gasteiger partial charge in [-0.25, -0.2) is 0 Å². The minimum atomic E-state index is -0.0509. The number of nitrogens with one attached hydrogen (secondary N) is 1. The SMILES string of the molecule is Cn1cc(CN2CCCC2)c(=O)[nH]c1=S. The van der Waals surface area contributed by atoms with Crippen LogP contribution in [0.3, 0.4) is 0 Å². The number of aromatic nitrogens is 2. The molecule has 2 heterocycles. The summed E-state index contributed by atoms with van der Waals surface area (Å²) in [6.45, 7) is 2.93. The number of aryl methyl sites for hydroxylation is 1. The maximum Gasteiger partial charge on any atom is 0.256 e. The molecule has 0 aromatic carbocycles. The molecule has 4 nitrogen and oxygen atoms in total. The van der Waals surface area contributed by atoms with Gasteiger partial charge in [0, 0.05) is 25.4 Å². The van der Waals surface area contributed by atoms with Crippen molar-refractivity contribution in [3.05, 3.63) is 26.9 Å². The predicted molar refractivity (Wildman–Crippen MR) is 61.4 cm³/mol. The predicted octanol–water partition coefficient (Wildman–Crippen LogP) is 1.04. The third kappa shape index (κ3) is 2.35. The molecule has 1 saturated heterocycles. The zero-order valence-electron chi connectivity index (χ0n) is 8.82. The maximum atomic E-state index is 11.6. The summed E-state index contributed by atoms with van der Waals surface area (Å²) in [4.78, 5) is 16.6. The maximum absolute atomic E-state index is 11.6. The van der Waals surface area contributed by atoms with Gasteiger partial charge < -0.3 is 4.57 Å². The van der Waals surface area contributed by atoms with Crippen LogP contribution in [0.2, 0.25) is 0 Å². The van der Waals surface area contributed by atoms with Crippen molar-refractivity contribution in [3.8, 4) is 0 Å². The fourth-order valence-corrected chi connectivity index (χ4v) is 2.06. The van der Waals surface area contributed by atoms with E-state index in [9.17, 15) is 4.79 Å². The average Bonchev–Trinajstić information content (AvgIpc) is 2.67. The average molecular weight is 225 g/mol. The Morgan fingerprint density at radius 1 is 1.47 bits per heavy atom. The lowest BCUT2D eigenvalue weighted by Gasteiger charge is -2.14. The van der Waals surface area contributed by atoms with Crippen LogP contribution in [0.4, 0.5) is 0 Å². The van der Waals surface area contributed by atoms with Gasteiger partial charge in [-0.3, -0.25) is 14.7 Å². The molecule has 82 valence electrons. The molecule has 0 saturated carbocycles. The number of hydrogen-bond donors (Lipinski definition) is 1. The second kappa shape index (κ2) is 4.28. The van der Waals surface area contributed by atoms with Crippen LogP contribution in [0.15, 0.2) is 11.0 Å². The summed E-state index contributed by atoms with van der Waals surface area (Å²) >= 11 is 4.98. The molecule has 1 aromatic heterocycles. The van der Waals surface area contributed by atoms with Crippen LogP contribution in [0, 0.1) is 4.77 Å². The van der Waals surface area contributed by atoms with Gasteiger partial charge >= 0.3 is 0 Å². The second-order valence-corrected chi connectivity index (χ2v) is 4.39. The van der Waals surface area contributed by atoms with E-state index in [0.717, 1.165) is 25.2 Å². The Hall–Kier alpha value is -0.940. The van der Waals surface area contributed by atoms with Crippen molar-refractivity contribution in [2.45, 2.75) is 19.4 Å². The Morgan fingerprint density at radius 3 is 2.80 bits per heavy atom. The topological polar surface area (TPSA) is 41.0 Å². The molecule has 1 aromatic rings. The van der Waals surface area contributed by atoms with E-state index in [4.69, 9.17) is 12.2 Å². The molecule has 0 spiro atoms. The smallest absolute Gasteiger partial charge is 0.256 e. The standard InChI is InChI=1S/C10H15N3OS/c1-12-6-8(9(14)11-10(12)15)7-13-4-2-3-5-13/h6H,2-5,7H2,1H3,(H,11,14,15). The fourth-order valence-electron chi connectivity index (χ4n) is 1.91. The third-order valence-electron chi connectivity index (χ3n) is 2.77. The van der Waals surface area contributed by atoms with Crippen molar-refractivity contribution in [1.29, 1.82) is 0 Å². The van der Waals surface area contributed by atoms with Gasteiger partial charge in [-0.05, 0) is 38.1 Å². The summed E-state index contributed by atoms with van der Waals surface area (Å²) in [5, 5.41) is 0. The summed E-state index contributed by atoms with van der Waals surface area (Å²) in [7, 11) is 1.85. The minimum Gasteiger partial charge on any atom is -0.328 e. The van der Waals surface area contributed by atoms with Crippen molar-refractivity contribution in [2.75, 3.05) is 13.1 Å². The van der Waals surface area contributed by atoms with Crippen LogP contribution in [0.1, 0.15) is 18.4 Å². The van der Waals surface area contributed by atoms with Gasteiger partial charge in [0.25, 0.3) is 5.56 Å². The molecule has 1 N–H and O–H groups in total. The van der Waals surface area contributed by atoms with Crippen LogP contribution in [0.5, 0.6) is 0 Å². The monoisotopic (exact) mass is 225 g/mol. The van der Waals surface area contributed by atoms with Crippen molar-refractivity contribution >= 4 is 12.2 Å². The van der Waals surface area contributed by atoms with Crippen LogP contribution in [-0.2, 0) is 13.6 Å². The summed E-state index contributed by atoms with van der Waals surface area (Å²) < 4.78 is 2.26. The highest BCUT2D eigenvalue weighted by Crippen LogP contribution is 2.09. The van der Waals surface area contributed by atoms with E-state index < -0.39 is 0 Å². The first-order valence-electron chi connectivity index (χ1n) is 5.18. The van der Waals surface area contributed by atoms with E-state index in [2.05, 4.69) is 9.88 Å². The van der Waals surface area contributed by atoms with E-state index >= 15 is 0 Å². The van der Waals surface area contributed by atoms with Crippen molar-refractivity contribution in [3.63, 3.8) is 0 Å². The number of hydrogen-bond acceptors (Lipinski definition) is 3. The summed E-state index contributed by atoms with van der Waals surface area (Å²) in [5.74, 6) is 0. The zero-order chi connectivity index (χ0) is 10.8. The molecule has 0 aliphatic carbocycles. The highest BCUT2D eigenvalue weighted by molar-refractivity contribution is 7.71. The largest absolute Gasteiger partial charge is 0.328 e. The first-order chi connectivity index (χ1) is 7.16. The van der Waals surface area contributed by atoms with Crippen molar-refractivity contribution in [1.82, 2.24) is 14.5 Å². The Balaban J connectivity index is 2.24. The quantitative estimate of drug-likeness (QED) is 0.765. The molecule has 0 unspecified atom stereocenters. The Kier molecular flexibility index (Phi) is 3.02. The fraction of sp³-hybridized carbons (Fsp3) is 0.600. The molecule has 0 amide bonds. The molecule has 15 heavy (non-hydrogen) atoms. The number of rotatable bonds is 2. The Morgan fingerprint density at radius 2 is 2.13 bits per heavy atom. The summed E-state index contributed by atoms with van der Waals surface area (Å²) in [6, 6.07) is 0. The molecule has 1 fully saturated rings. The highest BCUT2D eigenvalue weighted by atomic mass is 32.1. The molecule has 0 bridgehead atoms. The van der Waals surface area contributed by atoms with E-state index in [-0.39, 0.29) is 5.56 Å². The van der Waals surface area contributed by atoms with Crippen LogP contribution in [-0.4, -0.2) is 27.5 Å². The third-order valence-corrected chi connectivity index (χ3v) is 3.16. The summed E-state index contributed by atoms with van der Waals surface area (Å²) in [6.07, 6.45) is 4.31. The van der Waals surface area contributed by atoms with Gasteiger partial charge in [-0.2, -0.15) is 0 Å². The summed E-state index contributed by atoms with van der Waals surface area (Å²) in [5.41, 5.74) is 0.748.